The molecule has 148 valence electrons. The standard InChI is InChI=1S/C22H25F2N3O/c1-3-5-12-27(11-4-2)20-10-9-15(13-18(20)24)25-14-16-21-17(23)7-6-8-19(21)26-22(16)28/h6-10,13-14,16H,3-5,11-12H2,1-2H3,(H,26,28). The average molecular weight is 385 g/mol. The maximum Gasteiger partial charge on any atom is 0.237 e. The second kappa shape index (κ2) is 8.95. The fraction of sp³-hybridized carbons (Fsp3) is 0.364. The molecule has 3 rings (SSSR count). The molecule has 0 spiro atoms. The number of nitrogens with zero attached hydrogens (tertiary/aromatic N) is 2. The zero-order chi connectivity index (χ0) is 20.1. The summed E-state index contributed by atoms with van der Waals surface area (Å²) in [5, 5.41) is 2.64. The first kappa shape index (κ1) is 20.0. The van der Waals surface area contributed by atoms with E-state index in [0.717, 1.165) is 32.4 Å². The predicted molar refractivity (Wildman–Crippen MR) is 110 cm³/mol. The normalized spacial score (nSPS) is 15.7. The molecule has 2 aromatic rings. The Morgan fingerprint density at radius 1 is 1.11 bits per heavy atom. The summed E-state index contributed by atoms with van der Waals surface area (Å²) in [5.74, 6) is -1.96. The van der Waals surface area contributed by atoms with Gasteiger partial charge in [-0.05, 0) is 37.1 Å². The fourth-order valence-electron chi connectivity index (χ4n) is 3.41. The number of fused-ring (bicyclic) bond motifs is 1. The molecule has 1 atom stereocenters. The van der Waals surface area contributed by atoms with Gasteiger partial charge in [0.25, 0.3) is 0 Å². The lowest BCUT2D eigenvalue weighted by Gasteiger charge is -2.24. The summed E-state index contributed by atoms with van der Waals surface area (Å²) in [5.41, 5.74) is 1.69. The highest BCUT2D eigenvalue weighted by Crippen LogP contribution is 2.34. The van der Waals surface area contributed by atoms with Crippen molar-refractivity contribution in [2.75, 3.05) is 23.3 Å². The molecule has 1 aliphatic heterocycles. The Labute approximate surface area is 164 Å². The molecule has 1 aliphatic rings. The quantitative estimate of drug-likeness (QED) is 0.617. The van der Waals surface area contributed by atoms with Crippen LogP contribution in [-0.2, 0) is 4.79 Å². The van der Waals surface area contributed by atoms with Crippen LogP contribution in [0.1, 0.15) is 44.6 Å². The largest absolute Gasteiger partial charge is 0.369 e. The molecule has 0 saturated carbocycles. The number of hydrogen-bond acceptors (Lipinski definition) is 3. The maximum atomic E-state index is 14.7. The van der Waals surface area contributed by atoms with Gasteiger partial charge in [0, 0.05) is 36.6 Å². The van der Waals surface area contributed by atoms with Gasteiger partial charge in [0.05, 0.1) is 11.4 Å². The number of halogens is 2. The van der Waals surface area contributed by atoms with Gasteiger partial charge >= 0.3 is 0 Å². The zero-order valence-electron chi connectivity index (χ0n) is 16.2. The molecule has 0 fully saturated rings. The van der Waals surface area contributed by atoms with Crippen molar-refractivity contribution >= 4 is 29.2 Å². The molecule has 1 amide bonds. The number of benzene rings is 2. The maximum absolute atomic E-state index is 14.7. The van der Waals surface area contributed by atoms with Crippen LogP contribution < -0.4 is 10.2 Å². The second-order valence-corrected chi connectivity index (χ2v) is 6.92. The molecule has 0 saturated heterocycles. The topological polar surface area (TPSA) is 44.7 Å². The van der Waals surface area contributed by atoms with Crippen LogP contribution in [0.4, 0.5) is 25.8 Å². The molecule has 1 N–H and O–H groups in total. The van der Waals surface area contributed by atoms with E-state index >= 15 is 0 Å². The Balaban J connectivity index is 1.81. The third-order valence-corrected chi connectivity index (χ3v) is 4.82. The molecule has 6 heteroatoms. The monoisotopic (exact) mass is 385 g/mol. The van der Waals surface area contributed by atoms with E-state index in [4.69, 9.17) is 0 Å². The lowest BCUT2D eigenvalue weighted by Crippen LogP contribution is -2.26. The summed E-state index contributed by atoms with van der Waals surface area (Å²) >= 11 is 0. The van der Waals surface area contributed by atoms with E-state index in [0.29, 0.717) is 17.1 Å². The summed E-state index contributed by atoms with van der Waals surface area (Å²) in [6.45, 7) is 5.78. The number of hydrogen-bond donors (Lipinski definition) is 1. The van der Waals surface area contributed by atoms with Crippen molar-refractivity contribution < 1.29 is 13.6 Å². The van der Waals surface area contributed by atoms with Crippen LogP contribution in [0.25, 0.3) is 0 Å². The molecule has 2 aromatic carbocycles. The number of rotatable bonds is 8. The van der Waals surface area contributed by atoms with E-state index in [9.17, 15) is 13.6 Å². The highest BCUT2D eigenvalue weighted by Gasteiger charge is 2.31. The van der Waals surface area contributed by atoms with Gasteiger partial charge in [0.15, 0.2) is 0 Å². The predicted octanol–water partition coefficient (Wildman–Crippen LogP) is 5.42. The minimum Gasteiger partial charge on any atom is -0.369 e. The van der Waals surface area contributed by atoms with Crippen molar-refractivity contribution in [2.24, 2.45) is 4.99 Å². The lowest BCUT2D eigenvalue weighted by molar-refractivity contribution is -0.115. The van der Waals surface area contributed by atoms with Crippen LogP contribution >= 0.6 is 0 Å². The number of amides is 1. The molecular weight excluding hydrogens is 360 g/mol. The second-order valence-electron chi connectivity index (χ2n) is 6.92. The van der Waals surface area contributed by atoms with E-state index in [1.807, 2.05) is 4.90 Å². The van der Waals surface area contributed by atoms with E-state index < -0.39 is 11.7 Å². The van der Waals surface area contributed by atoms with Gasteiger partial charge in [-0.25, -0.2) is 8.78 Å². The number of nitrogens with one attached hydrogen (secondary N) is 1. The van der Waals surface area contributed by atoms with Crippen molar-refractivity contribution in [1.82, 2.24) is 0 Å². The van der Waals surface area contributed by atoms with Crippen molar-refractivity contribution in [1.29, 1.82) is 0 Å². The van der Waals surface area contributed by atoms with Crippen LogP contribution in [0.5, 0.6) is 0 Å². The summed E-state index contributed by atoms with van der Waals surface area (Å²) < 4.78 is 28.8. The van der Waals surface area contributed by atoms with Gasteiger partial charge in [-0.15, -0.1) is 0 Å². The Kier molecular flexibility index (Phi) is 6.39. The minimum atomic E-state index is -0.819. The zero-order valence-corrected chi connectivity index (χ0v) is 16.2. The first-order valence-electron chi connectivity index (χ1n) is 9.73. The first-order valence-corrected chi connectivity index (χ1v) is 9.73. The summed E-state index contributed by atoms with van der Waals surface area (Å²) in [7, 11) is 0. The summed E-state index contributed by atoms with van der Waals surface area (Å²) in [6, 6.07) is 9.30. The smallest absolute Gasteiger partial charge is 0.237 e. The van der Waals surface area contributed by atoms with Crippen LogP contribution in [0.15, 0.2) is 41.4 Å². The highest BCUT2D eigenvalue weighted by molar-refractivity contribution is 6.12. The Bertz CT molecular complexity index is 882. The van der Waals surface area contributed by atoms with Gasteiger partial charge in [0.2, 0.25) is 5.91 Å². The summed E-state index contributed by atoms with van der Waals surface area (Å²) in [4.78, 5) is 18.4. The van der Waals surface area contributed by atoms with Gasteiger partial charge in [-0.3, -0.25) is 9.79 Å². The fourth-order valence-corrected chi connectivity index (χ4v) is 3.41. The molecular formula is C22H25F2N3O. The van der Waals surface area contributed by atoms with Gasteiger partial charge in [-0.1, -0.05) is 26.3 Å². The number of anilines is 2. The van der Waals surface area contributed by atoms with Crippen LogP contribution in [0.2, 0.25) is 0 Å². The SMILES string of the molecule is CCCCN(CCC)c1ccc(N=CC2C(=O)Nc3cccc(F)c32)cc1F. The molecule has 1 unspecified atom stereocenters. The minimum absolute atomic E-state index is 0.280. The summed E-state index contributed by atoms with van der Waals surface area (Å²) in [6.07, 6.45) is 4.36. The van der Waals surface area contributed by atoms with Crippen molar-refractivity contribution in [3.8, 4) is 0 Å². The van der Waals surface area contributed by atoms with Gasteiger partial charge in [-0.2, -0.15) is 0 Å². The van der Waals surface area contributed by atoms with E-state index in [2.05, 4.69) is 24.2 Å². The molecule has 4 nitrogen and oxygen atoms in total. The lowest BCUT2D eigenvalue weighted by atomic mass is 10.0. The van der Waals surface area contributed by atoms with Crippen LogP contribution in [-0.4, -0.2) is 25.2 Å². The third-order valence-electron chi connectivity index (χ3n) is 4.82. The molecule has 1 heterocycles. The Morgan fingerprint density at radius 2 is 1.93 bits per heavy atom. The first-order chi connectivity index (χ1) is 13.5. The average Bonchev–Trinajstić information content (AvgIpc) is 3.00. The molecule has 28 heavy (non-hydrogen) atoms. The van der Waals surface area contributed by atoms with Crippen molar-refractivity contribution in [3.05, 3.63) is 53.6 Å². The number of unbranched alkanes of at least 4 members (excludes halogenated alkanes) is 1. The van der Waals surface area contributed by atoms with E-state index in [1.165, 1.54) is 18.3 Å². The molecule has 0 aliphatic carbocycles. The molecule has 0 aromatic heterocycles. The number of carbonyl (C=O) groups is 1. The highest BCUT2D eigenvalue weighted by atomic mass is 19.1. The van der Waals surface area contributed by atoms with Crippen molar-refractivity contribution in [3.63, 3.8) is 0 Å². The van der Waals surface area contributed by atoms with E-state index in [1.54, 1.807) is 24.3 Å². The Hall–Kier alpha value is -2.76. The van der Waals surface area contributed by atoms with E-state index in [-0.39, 0.29) is 17.3 Å². The molecule has 0 radical (unpaired) electrons. The van der Waals surface area contributed by atoms with Gasteiger partial charge in [0.1, 0.15) is 17.6 Å². The third kappa shape index (κ3) is 4.21. The van der Waals surface area contributed by atoms with Crippen LogP contribution in [0, 0.1) is 11.6 Å². The van der Waals surface area contributed by atoms with Crippen LogP contribution in [0.3, 0.4) is 0 Å². The van der Waals surface area contributed by atoms with Gasteiger partial charge < -0.3 is 10.2 Å². The molecule has 0 bridgehead atoms. The number of carbonyl (C=O) groups excluding carboxylic acids is 1. The van der Waals surface area contributed by atoms with Crippen molar-refractivity contribution in [2.45, 2.75) is 39.0 Å². The Morgan fingerprint density at radius 3 is 2.64 bits per heavy atom. The number of aliphatic imine (C=N–C) groups is 1.